The fourth-order valence-corrected chi connectivity index (χ4v) is 2.33. The zero-order valence-corrected chi connectivity index (χ0v) is 12.5. The van der Waals surface area contributed by atoms with Crippen molar-refractivity contribution in [1.82, 2.24) is 0 Å². The lowest BCUT2D eigenvalue weighted by atomic mass is 9.93. The summed E-state index contributed by atoms with van der Waals surface area (Å²) < 4.78 is 24.0. The predicted molar refractivity (Wildman–Crippen MR) is 78.9 cm³/mol. The van der Waals surface area contributed by atoms with Crippen LogP contribution in [-0.4, -0.2) is 19.2 Å². The first-order valence-electron chi connectivity index (χ1n) is 7.32. The van der Waals surface area contributed by atoms with Gasteiger partial charge in [0, 0.05) is 12.8 Å². The van der Waals surface area contributed by atoms with Gasteiger partial charge in [-0.05, 0) is 49.5 Å². The van der Waals surface area contributed by atoms with Crippen molar-refractivity contribution >= 4 is 5.97 Å². The van der Waals surface area contributed by atoms with Gasteiger partial charge in [0.05, 0.1) is 6.61 Å². The van der Waals surface area contributed by atoms with Gasteiger partial charge < -0.3 is 9.47 Å². The Hall–Kier alpha value is -1.84. The first-order chi connectivity index (χ1) is 10.1. The molecule has 1 aromatic carbocycles. The van der Waals surface area contributed by atoms with Crippen LogP contribution < -0.4 is 4.74 Å². The lowest BCUT2D eigenvalue weighted by molar-refractivity contribution is -0.140. The van der Waals surface area contributed by atoms with Crippen LogP contribution in [0.5, 0.6) is 5.75 Å². The minimum absolute atomic E-state index is 0.0382. The Bertz CT molecular complexity index is 503. The average Bonchev–Trinajstić information content (AvgIpc) is 3.28. The van der Waals surface area contributed by atoms with Gasteiger partial charge in [0.15, 0.2) is 0 Å². The molecule has 0 amide bonds. The molecule has 1 aliphatic carbocycles. The topological polar surface area (TPSA) is 35.5 Å². The highest BCUT2D eigenvalue weighted by Gasteiger charge is 2.31. The summed E-state index contributed by atoms with van der Waals surface area (Å²) in [7, 11) is 0. The van der Waals surface area contributed by atoms with Gasteiger partial charge in [-0.15, -0.1) is 0 Å². The quantitative estimate of drug-likeness (QED) is 0.713. The van der Waals surface area contributed by atoms with Gasteiger partial charge in [-0.1, -0.05) is 12.1 Å². The van der Waals surface area contributed by atoms with Gasteiger partial charge in [0.25, 0.3) is 0 Å². The van der Waals surface area contributed by atoms with Crippen LogP contribution in [-0.2, 0) is 9.53 Å². The summed E-state index contributed by atoms with van der Waals surface area (Å²) in [5.74, 6) is 0.473. The Balaban J connectivity index is 2.07. The van der Waals surface area contributed by atoms with Crippen molar-refractivity contribution in [3.8, 4) is 5.75 Å². The minimum atomic E-state index is -0.470. The monoisotopic (exact) mass is 292 g/mol. The normalized spacial score (nSPS) is 16.4. The number of esters is 1. The summed E-state index contributed by atoms with van der Waals surface area (Å²) in [6, 6.07) is 7.77. The molecule has 1 atom stereocenters. The number of rotatable bonds is 7. The number of hydrogen-bond donors (Lipinski definition) is 0. The summed E-state index contributed by atoms with van der Waals surface area (Å²) >= 11 is 0. The van der Waals surface area contributed by atoms with E-state index in [0.29, 0.717) is 12.5 Å². The van der Waals surface area contributed by atoms with E-state index in [-0.39, 0.29) is 12.5 Å². The molecule has 0 aliphatic heterocycles. The number of allylic oxidation sites excluding steroid dienone is 1. The van der Waals surface area contributed by atoms with Crippen molar-refractivity contribution in [2.45, 2.75) is 32.6 Å². The molecule has 21 heavy (non-hydrogen) atoms. The van der Waals surface area contributed by atoms with E-state index in [0.717, 1.165) is 24.2 Å². The van der Waals surface area contributed by atoms with Crippen LogP contribution in [0.3, 0.4) is 0 Å². The first-order valence-corrected chi connectivity index (χ1v) is 7.32. The van der Waals surface area contributed by atoms with Crippen LogP contribution in [0, 0.1) is 5.92 Å². The van der Waals surface area contributed by atoms with Crippen molar-refractivity contribution in [2.75, 3.05) is 13.2 Å². The third-order valence-electron chi connectivity index (χ3n) is 3.48. The molecular formula is C17H21FO3. The van der Waals surface area contributed by atoms with Crippen molar-refractivity contribution < 1.29 is 18.7 Å². The molecule has 0 spiro atoms. The van der Waals surface area contributed by atoms with Crippen LogP contribution in [0.1, 0.15) is 38.2 Å². The third-order valence-corrected chi connectivity index (χ3v) is 3.48. The van der Waals surface area contributed by atoms with Crippen LogP contribution in [0.15, 0.2) is 36.2 Å². The first kappa shape index (κ1) is 15.5. The molecule has 1 saturated carbocycles. The molecule has 0 aromatic heterocycles. The number of hydrogen-bond acceptors (Lipinski definition) is 3. The largest absolute Gasteiger partial charge is 0.494 e. The second-order valence-electron chi connectivity index (χ2n) is 5.26. The molecule has 114 valence electrons. The van der Waals surface area contributed by atoms with E-state index in [4.69, 9.17) is 4.74 Å². The second-order valence-corrected chi connectivity index (χ2v) is 5.26. The van der Waals surface area contributed by atoms with E-state index in [1.807, 2.05) is 31.2 Å². The lowest BCUT2D eigenvalue weighted by Crippen LogP contribution is -2.04. The highest BCUT2D eigenvalue weighted by Crippen LogP contribution is 2.44. The highest BCUT2D eigenvalue weighted by atomic mass is 19.1. The summed E-state index contributed by atoms with van der Waals surface area (Å²) in [5.41, 5.74) is 1.07. The lowest BCUT2D eigenvalue weighted by Gasteiger charge is -2.14. The molecule has 0 saturated heterocycles. The Kier molecular flexibility index (Phi) is 5.37. The third kappa shape index (κ3) is 4.88. The van der Waals surface area contributed by atoms with Crippen LogP contribution in [0.25, 0.3) is 0 Å². The molecule has 3 nitrogen and oxygen atoms in total. The maximum atomic E-state index is 13.8. The summed E-state index contributed by atoms with van der Waals surface area (Å²) in [6.45, 7) is 3.56. The maximum absolute atomic E-state index is 13.8. The number of benzene rings is 1. The number of carbonyl (C=O) groups excluding carboxylic acids is 1. The molecule has 1 aromatic rings. The van der Waals surface area contributed by atoms with Crippen LogP contribution in [0.4, 0.5) is 4.39 Å². The van der Waals surface area contributed by atoms with E-state index in [1.54, 1.807) is 6.08 Å². The molecule has 0 radical (unpaired) electrons. The Morgan fingerprint density at radius 1 is 1.38 bits per heavy atom. The maximum Gasteiger partial charge on any atom is 0.303 e. The molecule has 2 rings (SSSR count). The zero-order chi connectivity index (χ0) is 15.2. The molecule has 4 heteroatoms. The van der Waals surface area contributed by atoms with Gasteiger partial charge >= 0.3 is 5.97 Å². The van der Waals surface area contributed by atoms with Gasteiger partial charge in [-0.3, -0.25) is 4.79 Å². The van der Waals surface area contributed by atoms with Crippen molar-refractivity contribution in [3.63, 3.8) is 0 Å². The van der Waals surface area contributed by atoms with Crippen molar-refractivity contribution in [2.24, 2.45) is 5.92 Å². The summed E-state index contributed by atoms with van der Waals surface area (Å²) in [4.78, 5) is 10.7. The van der Waals surface area contributed by atoms with E-state index >= 15 is 0 Å². The summed E-state index contributed by atoms with van der Waals surface area (Å²) in [5, 5.41) is 0. The standard InChI is InChI=1S/C17H21FO3/c1-3-20-16-8-6-14(7-9-16)17(13-4-5-13)10-15(18)11-21-12(2)19/h6-10,13,17H,3-5,11H2,1-2H3. The van der Waals surface area contributed by atoms with Crippen LogP contribution >= 0.6 is 0 Å². The van der Waals surface area contributed by atoms with E-state index in [1.165, 1.54) is 6.92 Å². The van der Waals surface area contributed by atoms with E-state index in [9.17, 15) is 9.18 Å². The van der Waals surface area contributed by atoms with Gasteiger partial charge in [-0.2, -0.15) is 0 Å². The molecule has 0 heterocycles. The fraction of sp³-hybridized carbons (Fsp3) is 0.471. The molecular weight excluding hydrogens is 271 g/mol. The van der Waals surface area contributed by atoms with Crippen molar-refractivity contribution in [3.05, 3.63) is 41.7 Å². The molecule has 0 bridgehead atoms. The van der Waals surface area contributed by atoms with Gasteiger partial charge in [-0.25, -0.2) is 4.39 Å². The minimum Gasteiger partial charge on any atom is -0.494 e. The smallest absolute Gasteiger partial charge is 0.303 e. The molecule has 1 unspecified atom stereocenters. The number of ether oxygens (including phenoxy) is 2. The van der Waals surface area contributed by atoms with E-state index in [2.05, 4.69) is 4.74 Å². The van der Waals surface area contributed by atoms with Gasteiger partial charge in [0.1, 0.15) is 18.2 Å². The van der Waals surface area contributed by atoms with Crippen molar-refractivity contribution in [1.29, 1.82) is 0 Å². The average molecular weight is 292 g/mol. The summed E-state index contributed by atoms with van der Waals surface area (Å²) in [6.07, 6.45) is 3.79. The molecule has 1 aliphatic rings. The zero-order valence-electron chi connectivity index (χ0n) is 12.5. The van der Waals surface area contributed by atoms with E-state index < -0.39 is 11.8 Å². The number of carbonyl (C=O) groups is 1. The Morgan fingerprint density at radius 3 is 2.57 bits per heavy atom. The fourth-order valence-electron chi connectivity index (χ4n) is 2.33. The van der Waals surface area contributed by atoms with Gasteiger partial charge in [0.2, 0.25) is 0 Å². The Labute approximate surface area is 124 Å². The van der Waals surface area contributed by atoms with Crippen LogP contribution in [0.2, 0.25) is 0 Å². The molecule has 0 N–H and O–H groups in total. The molecule has 1 fully saturated rings. The Morgan fingerprint density at radius 2 is 2.05 bits per heavy atom. The number of halogens is 1. The predicted octanol–water partition coefficient (Wildman–Crippen LogP) is 4.00. The highest BCUT2D eigenvalue weighted by molar-refractivity contribution is 5.66. The SMILES string of the molecule is CCOc1ccc(C(C=C(F)COC(C)=O)C2CC2)cc1. The second kappa shape index (κ2) is 7.25.